The third kappa shape index (κ3) is 2.64. The van der Waals surface area contributed by atoms with Gasteiger partial charge in [-0.2, -0.15) is 0 Å². The van der Waals surface area contributed by atoms with Crippen LogP contribution in [0.3, 0.4) is 0 Å². The first kappa shape index (κ1) is 18.3. The Labute approximate surface area is 155 Å². The largest absolute Gasteiger partial charge is 0.390 e. The Kier molecular flexibility index (Phi) is 4.56. The standard InChI is InChI=1S/C23H41NO/c1-4-23-13-12-21(2,25)14-16(23)8-9-18-19-7-5-6-17(15-24)22(19,3)11-10-20(18)23/h16-20,25H,4-15,24H2,1-3H3/t16-,17-,18+,19+,20+,21-,22-,23+/m1/s1. The van der Waals surface area contributed by atoms with Gasteiger partial charge in [0.2, 0.25) is 0 Å². The highest BCUT2D eigenvalue weighted by molar-refractivity contribution is 5.10. The van der Waals surface area contributed by atoms with Crippen molar-refractivity contribution in [1.82, 2.24) is 0 Å². The predicted molar refractivity (Wildman–Crippen MR) is 104 cm³/mol. The normalized spacial score (nSPS) is 55.8. The molecule has 4 fully saturated rings. The molecule has 144 valence electrons. The van der Waals surface area contributed by atoms with Crippen molar-refractivity contribution in [3.8, 4) is 0 Å². The van der Waals surface area contributed by atoms with E-state index in [1.165, 1.54) is 57.8 Å². The van der Waals surface area contributed by atoms with Crippen LogP contribution in [-0.2, 0) is 0 Å². The van der Waals surface area contributed by atoms with E-state index in [0.29, 0.717) is 10.8 Å². The van der Waals surface area contributed by atoms with Gasteiger partial charge in [-0.05, 0) is 118 Å². The van der Waals surface area contributed by atoms with Gasteiger partial charge >= 0.3 is 0 Å². The maximum atomic E-state index is 10.7. The molecule has 4 aliphatic carbocycles. The smallest absolute Gasteiger partial charge is 0.0622 e. The Bertz CT molecular complexity index is 502. The second kappa shape index (κ2) is 6.23. The van der Waals surface area contributed by atoms with Gasteiger partial charge in [-0.3, -0.25) is 0 Å². The monoisotopic (exact) mass is 347 g/mol. The van der Waals surface area contributed by atoms with Crippen LogP contribution in [0.1, 0.15) is 91.4 Å². The number of hydrogen-bond acceptors (Lipinski definition) is 2. The van der Waals surface area contributed by atoms with Crippen molar-refractivity contribution < 1.29 is 5.11 Å². The molecular weight excluding hydrogens is 306 g/mol. The van der Waals surface area contributed by atoms with Crippen molar-refractivity contribution in [3.05, 3.63) is 0 Å². The molecule has 2 heteroatoms. The van der Waals surface area contributed by atoms with Crippen molar-refractivity contribution in [2.45, 2.75) is 97.0 Å². The minimum Gasteiger partial charge on any atom is -0.390 e. The van der Waals surface area contributed by atoms with Crippen molar-refractivity contribution >= 4 is 0 Å². The average molecular weight is 348 g/mol. The Morgan fingerprint density at radius 2 is 1.76 bits per heavy atom. The van der Waals surface area contributed by atoms with E-state index in [2.05, 4.69) is 20.8 Å². The van der Waals surface area contributed by atoms with E-state index in [9.17, 15) is 5.11 Å². The molecule has 8 atom stereocenters. The molecule has 0 aromatic rings. The topological polar surface area (TPSA) is 46.2 Å². The van der Waals surface area contributed by atoms with E-state index >= 15 is 0 Å². The van der Waals surface area contributed by atoms with E-state index in [1.54, 1.807) is 0 Å². The third-order valence-corrected chi connectivity index (χ3v) is 10.0. The summed E-state index contributed by atoms with van der Waals surface area (Å²) >= 11 is 0. The van der Waals surface area contributed by atoms with Crippen LogP contribution in [-0.4, -0.2) is 17.3 Å². The highest BCUT2D eigenvalue weighted by Crippen LogP contribution is 2.67. The van der Waals surface area contributed by atoms with Crippen LogP contribution in [0.2, 0.25) is 0 Å². The van der Waals surface area contributed by atoms with Gasteiger partial charge in [0.1, 0.15) is 0 Å². The summed E-state index contributed by atoms with van der Waals surface area (Å²) in [6, 6.07) is 0. The second-order valence-corrected chi connectivity index (χ2v) is 10.8. The number of nitrogens with two attached hydrogens (primary N) is 1. The predicted octanol–water partition coefficient (Wildman–Crippen LogP) is 5.14. The maximum Gasteiger partial charge on any atom is 0.0622 e. The molecule has 0 aromatic heterocycles. The number of hydrogen-bond donors (Lipinski definition) is 2. The van der Waals surface area contributed by atoms with E-state index in [0.717, 1.165) is 49.0 Å². The first-order valence-electron chi connectivity index (χ1n) is 11.3. The lowest BCUT2D eigenvalue weighted by molar-refractivity contribution is -0.171. The molecule has 0 amide bonds. The molecule has 2 nitrogen and oxygen atoms in total. The summed E-state index contributed by atoms with van der Waals surface area (Å²) in [5, 5.41) is 10.7. The molecule has 4 aliphatic rings. The lowest BCUT2D eigenvalue weighted by atomic mass is 9.40. The summed E-state index contributed by atoms with van der Waals surface area (Å²) in [4.78, 5) is 0. The Balaban J connectivity index is 1.64. The zero-order valence-corrected chi connectivity index (χ0v) is 16.9. The van der Waals surface area contributed by atoms with Crippen LogP contribution in [0.15, 0.2) is 0 Å². The van der Waals surface area contributed by atoms with Crippen LogP contribution in [0.5, 0.6) is 0 Å². The molecule has 4 saturated carbocycles. The maximum absolute atomic E-state index is 10.7. The van der Waals surface area contributed by atoms with Gasteiger partial charge in [0.25, 0.3) is 0 Å². The zero-order chi connectivity index (χ0) is 17.9. The van der Waals surface area contributed by atoms with Crippen molar-refractivity contribution in [3.63, 3.8) is 0 Å². The van der Waals surface area contributed by atoms with Crippen molar-refractivity contribution in [1.29, 1.82) is 0 Å². The number of rotatable bonds is 2. The molecular formula is C23H41NO. The first-order valence-corrected chi connectivity index (χ1v) is 11.3. The van der Waals surface area contributed by atoms with Crippen LogP contribution >= 0.6 is 0 Å². The Hall–Kier alpha value is -0.0800. The van der Waals surface area contributed by atoms with Crippen molar-refractivity contribution in [2.75, 3.05) is 6.54 Å². The molecule has 0 heterocycles. The molecule has 0 bridgehead atoms. The summed E-state index contributed by atoms with van der Waals surface area (Å²) in [6.07, 6.45) is 14.5. The highest BCUT2D eigenvalue weighted by Gasteiger charge is 2.60. The summed E-state index contributed by atoms with van der Waals surface area (Å²) in [5.41, 5.74) is 6.86. The fraction of sp³-hybridized carbons (Fsp3) is 1.00. The summed E-state index contributed by atoms with van der Waals surface area (Å²) < 4.78 is 0. The molecule has 3 N–H and O–H groups in total. The lowest BCUT2D eigenvalue weighted by Crippen LogP contribution is -2.58. The molecule has 0 radical (unpaired) electrons. The van der Waals surface area contributed by atoms with Gasteiger partial charge in [0.05, 0.1) is 5.60 Å². The fourth-order valence-corrected chi connectivity index (χ4v) is 8.64. The lowest BCUT2D eigenvalue weighted by Gasteiger charge is -2.65. The molecule has 0 spiro atoms. The number of aliphatic hydroxyl groups is 1. The average Bonchev–Trinajstić information content (AvgIpc) is 2.59. The first-order chi connectivity index (χ1) is 11.9. The van der Waals surface area contributed by atoms with Gasteiger partial charge < -0.3 is 10.8 Å². The van der Waals surface area contributed by atoms with Gasteiger partial charge in [0.15, 0.2) is 0 Å². The van der Waals surface area contributed by atoms with Crippen molar-refractivity contribution in [2.24, 2.45) is 46.2 Å². The van der Waals surface area contributed by atoms with Gasteiger partial charge in [-0.15, -0.1) is 0 Å². The van der Waals surface area contributed by atoms with Crippen LogP contribution in [0, 0.1) is 40.4 Å². The summed E-state index contributed by atoms with van der Waals surface area (Å²) in [5.74, 6) is 4.30. The second-order valence-electron chi connectivity index (χ2n) is 10.8. The minimum absolute atomic E-state index is 0.408. The van der Waals surface area contributed by atoms with E-state index < -0.39 is 5.60 Å². The molecule has 0 aliphatic heterocycles. The SMILES string of the molecule is CC[C@]12CC[C@@](C)(O)C[C@H]1CC[C@H]1[C@@H]3CCC[C@H](CN)[C@@]3(C)CC[C@@H]12. The summed E-state index contributed by atoms with van der Waals surface area (Å²) in [7, 11) is 0. The van der Waals surface area contributed by atoms with Gasteiger partial charge in [-0.25, -0.2) is 0 Å². The molecule has 0 unspecified atom stereocenters. The van der Waals surface area contributed by atoms with Crippen LogP contribution < -0.4 is 5.73 Å². The fourth-order valence-electron chi connectivity index (χ4n) is 8.64. The summed E-state index contributed by atoms with van der Waals surface area (Å²) in [6.45, 7) is 8.03. The van der Waals surface area contributed by atoms with E-state index in [4.69, 9.17) is 5.73 Å². The minimum atomic E-state index is -0.408. The highest BCUT2D eigenvalue weighted by atomic mass is 16.3. The van der Waals surface area contributed by atoms with E-state index in [1.807, 2.05) is 0 Å². The molecule has 0 saturated heterocycles. The third-order valence-electron chi connectivity index (χ3n) is 10.0. The molecule has 4 rings (SSSR count). The van der Waals surface area contributed by atoms with Crippen LogP contribution in [0.25, 0.3) is 0 Å². The Morgan fingerprint density at radius 1 is 0.960 bits per heavy atom. The number of fused-ring (bicyclic) bond motifs is 5. The van der Waals surface area contributed by atoms with Crippen LogP contribution in [0.4, 0.5) is 0 Å². The zero-order valence-electron chi connectivity index (χ0n) is 16.9. The quantitative estimate of drug-likeness (QED) is 0.727. The molecule has 25 heavy (non-hydrogen) atoms. The van der Waals surface area contributed by atoms with E-state index in [-0.39, 0.29) is 0 Å². The Morgan fingerprint density at radius 3 is 2.48 bits per heavy atom. The van der Waals surface area contributed by atoms with Gasteiger partial charge in [0, 0.05) is 0 Å². The molecule has 0 aromatic carbocycles. The van der Waals surface area contributed by atoms with Gasteiger partial charge in [-0.1, -0.05) is 20.3 Å².